The topological polar surface area (TPSA) is 57.6 Å². The van der Waals surface area contributed by atoms with Crippen molar-refractivity contribution in [2.75, 3.05) is 0 Å². The molecule has 1 unspecified atom stereocenters. The van der Waals surface area contributed by atoms with E-state index in [1.165, 1.54) is 16.7 Å². The van der Waals surface area contributed by atoms with Crippen LogP contribution in [0, 0.1) is 22.7 Å². The summed E-state index contributed by atoms with van der Waals surface area (Å²) in [6.45, 7) is 11.3. The van der Waals surface area contributed by atoms with E-state index >= 15 is 0 Å². The molecule has 1 heterocycles. The van der Waals surface area contributed by atoms with Gasteiger partial charge in [0.05, 0.1) is 11.0 Å². The summed E-state index contributed by atoms with van der Waals surface area (Å²) in [6, 6.07) is 6.53. The number of carbonyl (C=O) groups excluding carboxylic acids is 1. The molecule has 1 aliphatic heterocycles. The molecule has 5 aliphatic rings. The first-order valence-electron chi connectivity index (χ1n) is 13.4. The Balaban J connectivity index is 1.47. The van der Waals surface area contributed by atoms with E-state index in [1.807, 2.05) is 4.90 Å². The van der Waals surface area contributed by atoms with E-state index in [1.54, 1.807) is 0 Å². The quantitative estimate of drug-likeness (QED) is 0.454. The van der Waals surface area contributed by atoms with Crippen LogP contribution in [0.25, 0.3) is 0 Å². The Morgan fingerprint density at radius 1 is 1.23 bits per heavy atom. The number of fused-ring (bicyclic) bond motifs is 1. The fourth-order valence-corrected chi connectivity index (χ4v) is 7.57. The summed E-state index contributed by atoms with van der Waals surface area (Å²) in [6.07, 6.45) is 9.49. The van der Waals surface area contributed by atoms with Crippen LogP contribution in [-0.4, -0.2) is 27.4 Å². The molecule has 4 nitrogen and oxygen atoms in total. The van der Waals surface area contributed by atoms with Crippen LogP contribution >= 0.6 is 11.6 Å². The minimum Gasteiger partial charge on any atom is -0.481 e. The van der Waals surface area contributed by atoms with Gasteiger partial charge in [0, 0.05) is 23.1 Å². The first kappa shape index (κ1) is 24.9. The smallest absolute Gasteiger partial charge is 0.309 e. The molecule has 35 heavy (non-hydrogen) atoms. The Labute approximate surface area is 215 Å². The molecular formula is C30H40ClNO3. The predicted octanol–water partition coefficient (Wildman–Crippen LogP) is 7.14. The fraction of sp³-hybridized carbons (Fsp3) is 0.667. The van der Waals surface area contributed by atoms with Crippen LogP contribution in [0.2, 0.25) is 5.02 Å². The van der Waals surface area contributed by atoms with Gasteiger partial charge in [0.25, 0.3) is 0 Å². The second-order valence-electron chi connectivity index (χ2n) is 13.6. The van der Waals surface area contributed by atoms with Gasteiger partial charge >= 0.3 is 5.97 Å². The third-order valence-electron chi connectivity index (χ3n) is 9.71. The molecule has 1 amide bonds. The maximum atomic E-state index is 13.6. The number of benzene rings is 1. The fourth-order valence-electron chi connectivity index (χ4n) is 7.30. The molecule has 5 heteroatoms. The summed E-state index contributed by atoms with van der Waals surface area (Å²) >= 11 is 6.83. The number of rotatable bonds is 6. The standard InChI is InChI=1S/C30H40ClNO3/c1-19(2)21-9-11-30(22-7-6-20(24(31)13-22)8-10-27(3,4)5)14-25(33)32(15-23(30)12-21)29-16-28(17-29,18-29)26(34)35/h6-7,13,15,19,21H,8-12,14,16-18H2,1-5H3,(H,34,35)/t21?,28?,29?,30-/m0/s1. The lowest BCUT2D eigenvalue weighted by Crippen LogP contribution is -2.77. The number of carbonyl (C=O) groups is 2. The lowest BCUT2D eigenvalue weighted by Gasteiger charge is -2.71. The number of carboxylic acids is 1. The van der Waals surface area contributed by atoms with E-state index in [9.17, 15) is 14.7 Å². The van der Waals surface area contributed by atoms with Gasteiger partial charge in [0.1, 0.15) is 0 Å². The van der Waals surface area contributed by atoms with E-state index in [-0.39, 0.29) is 22.3 Å². The Bertz CT molecular complexity index is 1080. The van der Waals surface area contributed by atoms with Gasteiger partial charge in [-0.2, -0.15) is 0 Å². The Hall–Kier alpha value is -1.81. The third-order valence-corrected chi connectivity index (χ3v) is 10.1. The van der Waals surface area contributed by atoms with Crippen molar-refractivity contribution in [3.63, 3.8) is 0 Å². The van der Waals surface area contributed by atoms with Crippen LogP contribution in [0.15, 0.2) is 30.0 Å². The molecule has 2 bridgehead atoms. The van der Waals surface area contributed by atoms with Crippen LogP contribution in [0.1, 0.15) is 97.1 Å². The summed E-state index contributed by atoms with van der Waals surface area (Å²) in [5.74, 6) is 0.630. The van der Waals surface area contributed by atoms with Gasteiger partial charge in [0.15, 0.2) is 0 Å². The summed E-state index contributed by atoms with van der Waals surface area (Å²) < 4.78 is 0. The van der Waals surface area contributed by atoms with Crippen LogP contribution < -0.4 is 0 Å². The van der Waals surface area contributed by atoms with Gasteiger partial charge in [-0.1, -0.05) is 58.4 Å². The van der Waals surface area contributed by atoms with Crippen molar-refractivity contribution < 1.29 is 14.7 Å². The molecule has 0 spiro atoms. The highest BCUT2D eigenvalue weighted by Crippen LogP contribution is 2.71. The van der Waals surface area contributed by atoms with Gasteiger partial charge in [-0.25, -0.2) is 0 Å². The summed E-state index contributed by atoms with van der Waals surface area (Å²) in [4.78, 5) is 27.3. The lowest BCUT2D eigenvalue weighted by molar-refractivity contribution is -0.224. The van der Waals surface area contributed by atoms with E-state index in [4.69, 9.17) is 11.6 Å². The molecule has 1 N–H and O–H groups in total. The molecule has 4 saturated carbocycles. The number of aryl methyl sites for hydroxylation is 1. The molecule has 0 saturated heterocycles. The van der Waals surface area contributed by atoms with Crippen molar-refractivity contribution >= 4 is 23.5 Å². The third kappa shape index (κ3) is 3.95. The number of hydrogen-bond acceptors (Lipinski definition) is 2. The van der Waals surface area contributed by atoms with Crippen molar-refractivity contribution in [1.82, 2.24) is 4.90 Å². The highest BCUT2D eigenvalue weighted by molar-refractivity contribution is 6.31. The maximum absolute atomic E-state index is 13.6. The van der Waals surface area contributed by atoms with Crippen LogP contribution in [0.4, 0.5) is 0 Å². The number of nitrogens with zero attached hydrogens (tertiary/aromatic N) is 1. The Morgan fingerprint density at radius 2 is 1.91 bits per heavy atom. The van der Waals surface area contributed by atoms with Gasteiger partial charge in [-0.3, -0.25) is 9.59 Å². The number of amides is 1. The summed E-state index contributed by atoms with van der Waals surface area (Å²) in [5, 5.41) is 10.4. The predicted molar refractivity (Wildman–Crippen MR) is 139 cm³/mol. The van der Waals surface area contributed by atoms with Crippen LogP contribution in [0.3, 0.4) is 0 Å². The molecule has 0 radical (unpaired) electrons. The van der Waals surface area contributed by atoms with E-state index in [0.29, 0.717) is 37.5 Å². The molecule has 4 aliphatic carbocycles. The highest BCUT2D eigenvalue weighted by Gasteiger charge is 2.75. The minimum atomic E-state index is -0.704. The van der Waals surface area contributed by atoms with E-state index < -0.39 is 11.4 Å². The lowest BCUT2D eigenvalue weighted by atomic mass is 9.38. The monoisotopic (exact) mass is 497 g/mol. The average Bonchev–Trinajstić information content (AvgIpc) is 2.69. The molecule has 4 fully saturated rings. The molecule has 6 rings (SSSR count). The van der Waals surface area contributed by atoms with Gasteiger partial charge < -0.3 is 10.0 Å². The molecule has 1 aromatic rings. The van der Waals surface area contributed by atoms with Crippen molar-refractivity contribution in [3.8, 4) is 0 Å². The van der Waals surface area contributed by atoms with Crippen LogP contribution in [0.5, 0.6) is 0 Å². The molecule has 2 atom stereocenters. The summed E-state index contributed by atoms with van der Waals surface area (Å²) in [5.41, 5.74) is 2.80. The average molecular weight is 498 g/mol. The van der Waals surface area contributed by atoms with Crippen molar-refractivity contribution in [3.05, 3.63) is 46.1 Å². The zero-order chi connectivity index (χ0) is 25.4. The van der Waals surface area contributed by atoms with E-state index in [0.717, 1.165) is 37.1 Å². The largest absolute Gasteiger partial charge is 0.481 e. The number of aliphatic carboxylic acids is 1. The zero-order valence-corrected chi connectivity index (χ0v) is 22.7. The SMILES string of the molecule is CC(C)C1CC[C@@]2(c3ccc(CCC(C)(C)C)c(Cl)c3)CC(=O)N(C34CC(C(=O)O)(C3)C4)C=C2C1. The second kappa shape index (κ2) is 8.10. The van der Waals surface area contributed by atoms with Gasteiger partial charge in [-0.05, 0) is 91.4 Å². The molecular weight excluding hydrogens is 458 g/mol. The minimum absolute atomic E-state index is 0.142. The second-order valence-corrected chi connectivity index (χ2v) is 14.0. The Kier molecular flexibility index (Phi) is 5.75. The maximum Gasteiger partial charge on any atom is 0.309 e. The Morgan fingerprint density at radius 3 is 2.49 bits per heavy atom. The zero-order valence-electron chi connectivity index (χ0n) is 21.9. The van der Waals surface area contributed by atoms with Crippen molar-refractivity contribution in [2.24, 2.45) is 22.7 Å². The molecule has 1 aromatic carbocycles. The van der Waals surface area contributed by atoms with E-state index in [2.05, 4.69) is 59.0 Å². The van der Waals surface area contributed by atoms with Crippen LogP contribution in [-0.2, 0) is 21.4 Å². The van der Waals surface area contributed by atoms with Gasteiger partial charge in [0.2, 0.25) is 5.91 Å². The molecule has 190 valence electrons. The number of halogens is 1. The van der Waals surface area contributed by atoms with Gasteiger partial charge in [-0.15, -0.1) is 0 Å². The normalized spacial score (nSPS) is 34.1. The highest BCUT2D eigenvalue weighted by atomic mass is 35.5. The number of carboxylic acid groups (broad SMARTS) is 1. The van der Waals surface area contributed by atoms with Crippen molar-refractivity contribution in [1.29, 1.82) is 0 Å². The molecule has 0 aromatic heterocycles. The number of allylic oxidation sites excluding steroid dienone is 1. The summed E-state index contributed by atoms with van der Waals surface area (Å²) in [7, 11) is 0. The van der Waals surface area contributed by atoms with Crippen molar-refractivity contribution in [2.45, 2.75) is 103 Å². The first-order chi connectivity index (χ1) is 16.3. The first-order valence-corrected chi connectivity index (χ1v) is 13.7. The number of hydrogen-bond donors (Lipinski definition) is 1.